The van der Waals surface area contributed by atoms with E-state index in [0.29, 0.717) is 0 Å². The van der Waals surface area contributed by atoms with E-state index in [1.165, 1.54) is 112 Å². The number of anilines is 3. The van der Waals surface area contributed by atoms with Crippen LogP contribution in [0.25, 0.3) is 34.2 Å². The minimum absolute atomic E-state index is 0.0347. The first-order valence-electron chi connectivity index (χ1n) is 24.6. The van der Waals surface area contributed by atoms with Gasteiger partial charge in [-0.2, -0.15) is 9.13 Å². The summed E-state index contributed by atoms with van der Waals surface area (Å²) in [5, 5.41) is 0. The number of para-hydroxylation sites is 5. The first kappa shape index (κ1) is 40.8. The van der Waals surface area contributed by atoms with Crippen molar-refractivity contribution in [2.45, 2.75) is 84.5 Å². The van der Waals surface area contributed by atoms with Crippen LogP contribution in [0.15, 0.2) is 170 Å². The summed E-state index contributed by atoms with van der Waals surface area (Å²) in [4.78, 5) is 5.23. The van der Waals surface area contributed by atoms with Crippen molar-refractivity contribution in [1.29, 1.82) is 0 Å². The Balaban J connectivity index is 1.15. The molecule has 0 N–H and O–H groups in total. The molecule has 4 aliphatic rings. The lowest BCUT2D eigenvalue weighted by molar-refractivity contribution is -0.819. The quantitative estimate of drug-likeness (QED) is 0.161. The maximum absolute atomic E-state index is 2.74. The minimum Gasteiger partial charge on any atom is -0.352 e. The van der Waals surface area contributed by atoms with Gasteiger partial charge in [0.25, 0.3) is 11.6 Å². The average Bonchev–Trinajstić information content (AvgIpc) is 4.15. The van der Waals surface area contributed by atoms with E-state index in [1.54, 1.807) is 0 Å². The Morgan fingerprint density at radius 3 is 1.69 bits per heavy atom. The molecule has 1 aliphatic carbocycles. The zero-order valence-electron chi connectivity index (χ0n) is 40.0. The molecule has 0 spiro atoms. The highest BCUT2D eigenvalue weighted by Gasteiger charge is 2.64. The van der Waals surface area contributed by atoms with Gasteiger partial charge in [-0.05, 0) is 141 Å². The van der Waals surface area contributed by atoms with E-state index in [4.69, 9.17) is 0 Å². The summed E-state index contributed by atoms with van der Waals surface area (Å²) >= 11 is 0. The predicted octanol–water partition coefficient (Wildman–Crippen LogP) is 12.3. The highest BCUT2D eigenvalue weighted by atomic mass is 15.4. The van der Waals surface area contributed by atoms with E-state index in [2.05, 4.69) is 240 Å². The maximum atomic E-state index is 2.74. The molecule has 13 rings (SSSR count). The number of aromatic nitrogens is 4. The van der Waals surface area contributed by atoms with Crippen LogP contribution in [0, 0.1) is 34.6 Å². The highest BCUT2D eigenvalue weighted by Crippen LogP contribution is 2.56. The molecule has 2 aromatic heterocycles. The van der Waals surface area contributed by atoms with Crippen molar-refractivity contribution in [2.75, 3.05) is 16.8 Å². The Kier molecular flexibility index (Phi) is 9.18. The molecule has 5 heterocycles. The first-order valence-corrected chi connectivity index (χ1v) is 24.6. The number of nitrogens with zero attached hydrogens (tertiary/aromatic N) is 6. The minimum atomic E-state index is -0.613. The summed E-state index contributed by atoms with van der Waals surface area (Å²) in [5.41, 5.74) is 23.0. The largest absolute Gasteiger partial charge is 0.352 e. The molecule has 68 heavy (non-hydrogen) atoms. The second kappa shape index (κ2) is 15.3. The highest BCUT2D eigenvalue weighted by molar-refractivity contribution is 5.85. The second-order valence-corrected chi connectivity index (χ2v) is 20.1. The molecular weight excluding hydrogens is 829 g/mol. The zero-order valence-corrected chi connectivity index (χ0v) is 40.0. The van der Waals surface area contributed by atoms with Crippen LogP contribution in [-0.2, 0) is 31.2 Å². The van der Waals surface area contributed by atoms with Gasteiger partial charge >= 0.3 is 0 Å². The molecule has 0 saturated heterocycles. The Morgan fingerprint density at radius 1 is 0.500 bits per heavy atom. The zero-order chi connectivity index (χ0) is 46.0. The number of imidazole rings is 2. The van der Waals surface area contributed by atoms with E-state index in [1.807, 2.05) is 0 Å². The van der Waals surface area contributed by atoms with Crippen LogP contribution >= 0.6 is 0 Å². The summed E-state index contributed by atoms with van der Waals surface area (Å²) in [6.07, 6.45) is 14.2. The Hall–Kier alpha value is -7.44. The normalized spacial score (nSPS) is 18.6. The van der Waals surface area contributed by atoms with E-state index < -0.39 is 5.54 Å². The molecule has 9 aromatic rings. The van der Waals surface area contributed by atoms with E-state index in [9.17, 15) is 0 Å². The number of hydrogen-bond acceptors (Lipinski definition) is 2. The van der Waals surface area contributed by atoms with Crippen molar-refractivity contribution >= 4 is 17.1 Å². The SMILES string of the molecule is Cc1ccccc1N1c2ccccc2N(C)C1CC12c3cc(ccc3-c3n(-c4c(C)cccc4C)cc[n+]31)CCc1cccc(c1)CCc1ccc3c(c1)C2[n+]1ccn(-c2c(C)cccc2C)c1-3. The van der Waals surface area contributed by atoms with Crippen LogP contribution in [0.3, 0.4) is 0 Å². The van der Waals surface area contributed by atoms with E-state index in [0.717, 1.165) is 32.1 Å². The lowest BCUT2D eigenvalue weighted by Crippen LogP contribution is -2.66. The third-order valence-corrected chi connectivity index (χ3v) is 16.2. The summed E-state index contributed by atoms with van der Waals surface area (Å²) in [7, 11) is 2.33. The van der Waals surface area contributed by atoms with Gasteiger partial charge in [-0.3, -0.25) is 0 Å². The molecule has 6 bridgehead atoms. The van der Waals surface area contributed by atoms with Crippen LogP contribution < -0.4 is 18.9 Å². The van der Waals surface area contributed by atoms with Gasteiger partial charge in [-0.15, -0.1) is 0 Å². The molecular formula is C62H58N6+2. The average molecular weight is 887 g/mol. The Morgan fingerprint density at radius 2 is 1.03 bits per heavy atom. The van der Waals surface area contributed by atoms with Crippen LogP contribution in [-0.4, -0.2) is 22.3 Å². The predicted molar refractivity (Wildman–Crippen MR) is 275 cm³/mol. The first-order chi connectivity index (χ1) is 33.2. The second-order valence-electron chi connectivity index (χ2n) is 20.1. The van der Waals surface area contributed by atoms with Crippen molar-refractivity contribution in [2.24, 2.45) is 0 Å². The number of benzene rings is 7. The molecule has 0 saturated carbocycles. The lowest BCUT2D eigenvalue weighted by Gasteiger charge is -2.40. The van der Waals surface area contributed by atoms with Gasteiger partial charge in [0.2, 0.25) is 0 Å². The lowest BCUT2D eigenvalue weighted by atomic mass is 9.75. The number of rotatable bonds is 5. The van der Waals surface area contributed by atoms with Crippen molar-refractivity contribution in [3.63, 3.8) is 0 Å². The third kappa shape index (κ3) is 5.89. The molecule has 0 fully saturated rings. The van der Waals surface area contributed by atoms with Crippen LogP contribution in [0.1, 0.15) is 73.7 Å². The fourth-order valence-electron chi connectivity index (χ4n) is 13.1. The maximum Gasteiger partial charge on any atom is 0.295 e. The Bertz CT molecular complexity index is 3470. The number of hydrogen-bond donors (Lipinski definition) is 0. The van der Waals surface area contributed by atoms with Gasteiger partial charge in [-0.1, -0.05) is 115 Å². The molecule has 0 radical (unpaired) electrons. The fraction of sp³-hybridized carbons (Fsp3) is 0.226. The molecule has 3 unspecified atom stereocenters. The van der Waals surface area contributed by atoms with E-state index in [-0.39, 0.29) is 12.2 Å². The molecule has 334 valence electrons. The van der Waals surface area contributed by atoms with Crippen LogP contribution in [0.4, 0.5) is 17.1 Å². The molecule has 6 nitrogen and oxygen atoms in total. The van der Waals surface area contributed by atoms with Gasteiger partial charge in [0, 0.05) is 30.3 Å². The standard InChI is InChI=1S/C62H58N6/c1-40-14-7-8-21-53(40)68-55-23-10-9-22-54(55)63(6)56(68)39-62-52-38-48(29-31-50(52)61-65(34-35-67(61)62)58-43(4)17-12-18-44(58)5)27-25-46-20-13-19-45(36-46)24-26-47-28-30-49-51(37-47)59(62)66-33-32-64(60(49)66)57-41(2)15-11-16-42(57)3/h7-23,28-38,56,59H,24-27,39H2,1-6H3/q+2. The fourth-order valence-corrected chi connectivity index (χ4v) is 13.1. The third-order valence-electron chi connectivity index (χ3n) is 16.2. The van der Waals surface area contributed by atoms with Gasteiger partial charge < -0.3 is 9.80 Å². The Labute approximate surface area is 400 Å². The monoisotopic (exact) mass is 886 g/mol. The van der Waals surface area contributed by atoms with Crippen molar-refractivity contribution < 1.29 is 9.13 Å². The molecule has 3 aliphatic heterocycles. The topological polar surface area (TPSA) is 24.1 Å². The van der Waals surface area contributed by atoms with Gasteiger partial charge in [0.1, 0.15) is 42.3 Å². The van der Waals surface area contributed by atoms with Crippen molar-refractivity contribution in [3.8, 4) is 34.2 Å². The van der Waals surface area contributed by atoms with Crippen LogP contribution in [0.5, 0.6) is 0 Å². The van der Waals surface area contributed by atoms with Gasteiger partial charge in [-0.25, -0.2) is 9.13 Å². The van der Waals surface area contributed by atoms with Gasteiger partial charge in [0.05, 0.1) is 22.5 Å². The van der Waals surface area contributed by atoms with Crippen molar-refractivity contribution in [3.05, 3.63) is 232 Å². The van der Waals surface area contributed by atoms with Crippen LogP contribution in [0.2, 0.25) is 0 Å². The summed E-state index contributed by atoms with van der Waals surface area (Å²) in [6.45, 7) is 11.3. The molecule has 6 heteroatoms. The summed E-state index contributed by atoms with van der Waals surface area (Å²) in [5.74, 6) is 2.47. The number of fused-ring (bicyclic) bond motifs is 12. The van der Waals surface area contributed by atoms with E-state index >= 15 is 0 Å². The molecule has 0 amide bonds. The smallest absolute Gasteiger partial charge is 0.295 e. The number of aryl methyl sites for hydroxylation is 9. The molecule has 7 aromatic carbocycles. The molecule has 3 atom stereocenters. The van der Waals surface area contributed by atoms with Gasteiger partial charge in [0.15, 0.2) is 11.6 Å². The summed E-state index contributed by atoms with van der Waals surface area (Å²) in [6, 6.07) is 55.8. The van der Waals surface area contributed by atoms with Crippen molar-refractivity contribution in [1.82, 2.24) is 9.13 Å². The summed E-state index contributed by atoms with van der Waals surface area (Å²) < 4.78 is 10.4.